The molecule has 0 aliphatic heterocycles. The molecule has 0 amide bonds. The van der Waals surface area contributed by atoms with E-state index >= 15 is 0 Å². The van der Waals surface area contributed by atoms with Gasteiger partial charge in [-0.15, -0.1) is 13.2 Å². The van der Waals surface area contributed by atoms with Crippen molar-refractivity contribution in [2.45, 2.75) is 76.5 Å². The fourth-order valence-electron chi connectivity index (χ4n) is 5.19. The molecule has 0 unspecified atom stereocenters. The SMILES string of the molecule is N#CC(F)=CC=CCC[C@H]1CC[C@H](C=C[C@H]2CC[C@H](c3ccc(OC(F)(F)F)cc3)CC2)CC1. The van der Waals surface area contributed by atoms with Crippen molar-refractivity contribution in [3.63, 3.8) is 0 Å². The van der Waals surface area contributed by atoms with Gasteiger partial charge in [-0.2, -0.15) is 9.65 Å². The normalized spacial score (nSPS) is 26.6. The van der Waals surface area contributed by atoms with Crippen molar-refractivity contribution in [3.05, 3.63) is 66.0 Å². The number of ether oxygens (including phenoxy) is 1. The van der Waals surface area contributed by atoms with E-state index in [0.717, 1.165) is 50.0 Å². The van der Waals surface area contributed by atoms with Gasteiger partial charge < -0.3 is 4.74 Å². The van der Waals surface area contributed by atoms with Gasteiger partial charge in [-0.1, -0.05) is 36.4 Å². The van der Waals surface area contributed by atoms with E-state index in [1.165, 1.54) is 50.0 Å². The van der Waals surface area contributed by atoms with Crippen LogP contribution >= 0.6 is 0 Å². The van der Waals surface area contributed by atoms with Gasteiger partial charge >= 0.3 is 6.36 Å². The third-order valence-electron chi connectivity index (χ3n) is 7.13. The van der Waals surface area contributed by atoms with Crippen molar-refractivity contribution in [1.29, 1.82) is 5.26 Å². The lowest BCUT2D eigenvalue weighted by Crippen LogP contribution is -2.17. The van der Waals surface area contributed by atoms with E-state index in [9.17, 15) is 17.6 Å². The predicted octanol–water partition coefficient (Wildman–Crippen LogP) is 8.93. The summed E-state index contributed by atoms with van der Waals surface area (Å²) in [5, 5.41) is 8.38. The highest BCUT2D eigenvalue weighted by atomic mass is 19.4. The van der Waals surface area contributed by atoms with Crippen LogP contribution in [0.3, 0.4) is 0 Å². The number of nitrogens with zero attached hydrogens (tertiary/aromatic N) is 1. The topological polar surface area (TPSA) is 33.0 Å². The Balaban J connectivity index is 1.34. The molecule has 2 saturated carbocycles. The maximum atomic E-state index is 12.7. The highest BCUT2D eigenvalue weighted by Crippen LogP contribution is 2.38. The summed E-state index contributed by atoms with van der Waals surface area (Å²) in [5.74, 6) is 1.45. The summed E-state index contributed by atoms with van der Waals surface area (Å²) in [5.41, 5.74) is 1.09. The second-order valence-electron chi connectivity index (χ2n) is 9.53. The third-order valence-corrected chi connectivity index (χ3v) is 7.13. The number of benzene rings is 1. The van der Waals surface area contributed by atoms with Crippen LogP contribution in [-0.2, 0) is 0 Å². The van der Waals surface area contributed by atoms with Crippen LogP contribution in [-0.4, -0.2) is 6.36 Å². The minimum Gasteiger partial charge on any atom is -0.406 e. The molecular weight excluding hydrogens is 442 g/mol. The highest BCUT2D eigenvalue weighted by molar-refractivity contribution is 5.30. The van der Waals surface area contributed by atoms with Crippen molar-refractivity contribution in [3.8, 4) is 11.8 Å². The van der Waals surface area contributed by atoms with Gasteiger partial charge in [0.1, 0.15) is 11.8 Å². The van der Waals surface area contributed by atoms with E-state index in [1.807, 2.05) is 6.08 Å². The molecule has 0 saturated heterocycles. The van der Waals surface area contributed by atoms with E-state index in [0.29, 0.717) is 17.8 Å². The minimum atomic E-state index is -4.65. The first-order valence-corrected chi connectivity index (χ1v) is 12.3. The first-order chi connectivity index (χ1) is 16.3. The summed E-state index contributed by atoms with van der Waals surface area (Å²) in [4.78, 5) is 0. The lowest BCUT2D eigenvalue weighted by molar-refractivity contribution is -0.274. The Kier molecular flexibility index (Phi) is 9.80. The Morgan fingerprint density at radius 1 is 0.941 bits per heavy atom. The smallest absolute Gasteiger partial charge is 0.406 e. The van der Waals surface area contributed by atoms with Gasteiger partial charge in [-0.05, 0) is 112 Å². The molecular formula is C28H33F4NO. The number of allylic oxidation sites excluding steroid dienone is 6. The fraction of sp³-hybridized carbons (Fsp3) is 0.536. The maximum absolute atomic E-state index is 12.7. The zero-order valence-corrected chi connectivity index (χ0v) is 19.4. The van der Waals surface area contributed by atoms with Crippen LogP contribution in [0.4, 0.5) is 17.6 Å². The summed E-state index contributed by atoms with van der Waals surface area (Å²) >= 11 is 0. The van der Waals surface area contributed by atoms with Crippen LogP contribution in [0.1, 0.15) is 75.7 Å². The van der Waals surface area contributed by atoms with Crippen molar-refractivity contribution in [2.24, 2.45) is 17.8 Å². The van der Waals surface area contributed by atoms with Crippen LogP contribution in [0.15, 0.2) is 60.5 Å². The van der Waals surface area contributed by atoms with Crippen LogP contribution in [0.5, 0.6) is 5.75 Å². The van der Waals surface area contributed by atoms with E-state index in [4.69, 9.17) is 5.26 Å². The van der Waals surface area contributed by atoms with Crippen LogP contribution in [0, 0.1) is 29.1 Å². The van der Waals surface area contributed by atoms with Crippen molar-refractivity contribution in [1.82, 2.24) is 0 Å². The molecule has 0 N–H and O–H groups in total. The molecule has 3 rings (SSSR count). The van der Waals surface area contributed by atoms with Crippen LogP contribution in [0.25, 0.3) is 0 Å². The zero-order chi connectivity index (χ0) is 24.4. The van der Waals surface area contributed by atoms with Crippen LogP contribution in [0.2, 0.25) is 0 Å². The lowest BCUT2D eigenvalue weighted by atomic mass is 9.77. The monoisotopic (exact) mass is 475 g/mol. The van der Waals surface area contributed by atoms with Gasteiger partial charge in [-0.25, -0.2) is 0 Å². The molecule has 2 aliphatic rings. The Hall–Kier alpha value is -2.55. The number of rotatable bonds is 8. The Labute approximate surface area is 200 Å². The molecule has 2 nitrogen and oxygen atoms in total. The molecule has 2 aliphatic carbocycles. The largest absolute Gasteiger partial charge is 0.573 e. The molecule has 1 aromatic rings. The van der Waals surface area contributed by atoms with E-state index in [1.54, 1.807) is 18.2 Å². The number of nitriles is 1. The van der Waals surface area contributed by atoms with Gasteiger partial charge in [0.05, 0.1) is 0 Å². The van der Waals surface area contributed by atoms with Crippen molar-refractivity contribution < 1.29 is 22.3 Å². The average molecular weight is 476 g/mol. The molecule has 0 radical (unpaired) electrons. The molecule has 1 aromatic carbocycles. The summed E-state index contributed by atoms with van der Waals surface area (Å²) in [6.07, 6.45) is 16.2. The van der Waals surface area contributed by atoms with E-state index < -0.39 is 12.2 Å². The molecule has 0 aromatic heterocycles. The summed E-state index contributed by atoms with van der Waals surface area (Å²) in [7, 11) is 0. The Bertz CT molecular complexity index is 878. The minimum absolute atomic E-state index is 0.165. The van der Waals surface area contributed by atoms with Crippen LogP contribution < -0.4 is 4.74 Å². The third kappa shape index (κ3) is 9.00. The molecule has 34 heavy (non-hydrogen) atoms. The molecule has 0 heterocycles. The van der Waals surface area contributed by atoms with Gasteiger partial charge in [0.2, 0.25) is 0 Å². The lowest BCUT2D eigenvalue weighted by Gasteiger charge is -2.29. The molecule has 184 valence electrons. The second-order valence-corrected chi connectivity index (χ2v) is 9.53. The molecule has 0 atom stereocenters. The van der Waals surface area contributed by atoms with E-state index in [2.05, 4.69) is 16.9 Å². The number of halogens is 4. The molecule has 0 spiro atoms. The summed E-state index contributed by atoms with van der Waals surface area (Å²) in [6.45, 7) is 0. The Morgan fingerprint density at radius 3 is 2.09 bits per heavy atom. The average Bonchev–Trinajstić information content (AvgIpc) is 2.83. The van der Waals surface area contributed by atoms with Gasteiger partial charge in [0.25, 0.3) is 0 Å². The number of hydrogen-bond donors (Lipinski definition) is 0. The van der Waals surface area contributed by atoms with Gasteiger partial charge in [-0.3, -0.25) is 0 Å². The number of hydrogen-bond acceptors (Lipinski definition) is 2. The zero-order valence-electron chi connectivity index (χ0n) is 19.4. The highest BCUT2D eigenvalue weighted by Gasteiger charge is 2.31. The standard InChI is InChI=1S/C28H33F4NO/c29-26(20-33)5-3-1-2-4-21-6-8-22(9-7-21)10-11-23-12-14-24(15-13-23)25-16-18-27(19-17-25)34-28(30,31)32/h1,3,5,10-11,16-19,21-24H,2,4,6-9,12-15H2/t21-,22-,23-,24-. The van der Waals surface area contributed by atoms with Gasteiger partial charge in [0, 0.05) is 0 Å². The van der Waals surface area contributed by atoms with Gasteiger partial charge in [0.15, 0.2) is 5.83 Å². The molecule has 2 fully saturated rings. The summed E-state index contributed by atoms with van der Waals surface area (Å²) < 4.78 is 53.7. The molecule has 6 heteroatoms. The predicted molar refractivity (Wildman–Crippen MR) is 126 cm³/mol. The van der Waals surface area contributed by atoms with Crippen molar-refractivity contribution >= 4 is 0 Å². The quantitative estimate of drug-likeness (QED) is 0.163. The van der Waals surface area contributed by atoms with E-state index in [-0.39, 0.29) is 5.75 Å². The Morgan fingerprint density at radius 2 is 1.53 bits per heavy atom. The summed E-state index contributed by atoms with van der Waals surface area (Å²) in [6, 6.07) is 7.81. The first-order valence-electron chi connectivity index (χ1n) is 12.3. The van der Waals surface area contributed by atoms with Crippen molar-refractivity contribution in [2.75, 3.05) is 0 Å². The molecule has 0 bridgehead atoms. The number of alkyl halides is 3. The maximum Gasteiger partial charge on any atom is 0.573 e. The fourth-order valence-corrected chi connectivity index (χ4v) is 5.19. The first kappa shape index (κ1) is 26.1. The second kappa shape index (κ2) is 12.8.